The average Bonchev–Trinajstić information content (AvgIpc) is 2.83. The van der Waals surface area contributed by atoms with Crippen LogP contribution in [0.15, 0.2) is 0 Å². The smallest absolute Gasteiger partial charge is 0.147 e. The molecule has 0 aromatic carbocycles. The number of alkyl halides is 1. The van der Waals surface area contributed by atoms with Gasteiger partial charge in [-0.2, -0.15) is 0 Å². The third-order valence-electron chi connectivity index (χ3n) is 3.13. The van der Waals surface area contributed by atoms with Crippen molar-refractivity contribution >= 4 is 21.4 Å². The summed E-state index contributed by atoms with van der Waals surface area (Å²) in [5, 5.41) is 0. The number of halogens is 1. The van der Waals surface area contributed by atoms with Crippen LogP contribution in [0.1, 0.15) is 32.6 Å². The summed E-state index contributed by atoms with van der Waals surface area (Å²) in [4.78, 5) is 0. The van der Waals surface area contributed by atoms with Gasteiger partial charge in [-0.05, 0) is 37.0 Å². The third-order valence-corrected chi connectivity index (χ3v) is 4.77. The molecule has 2 nitrogen and oxygen atoms in total. The van der Waals surface area contributed by atoms with Crippen LogP contribution in [0.3, 0.4) is 0 Å². The molecule has 0 spiro atoms. The Bertz CT molecular complexity index is 282. The Morgan fingerprint density at radius 3 is 2.36 bits per heavy atom. The van der Waals surface area contributed by atoms with E-state index in [9.17, 15) is 8.42 Å². The fourth-order valence-electron chi connectivity index (χ4n) is 1.90. The van der Waals surface area contributed by atoms with Crippen LogP contribution in [-0.2, 0) is 9.84 Å². The molecule has 1 unspecified atom stereocenters. The van der Waals surface area contributed by atoms with E-state index in [1.807, 2.05) is 0 Å². The second-order valence-corrected chi connectivity index (χ2v) is 7.32. The molecule has 0 radical (unpaired) electrons. The maximum Gasteiger partial charge on any atom is 0.147 e. The molecule has 0 N–H and O–H groups in total. The number of hydrogen-bond donors (Lipinski definition) is 0. The summed E-state index contributed by atoms with van der Waals surface area (Å²) in [6.45, 7) is 2.18. The van der Waals surface area contributed by atoms with Crippen LogP contribution in [0.4, 0.5) is 0 Å². The Morgan fingerprint density at radius 2 is 2.00 bits per heavy atom. The zero-order valence-electron chi connectivity index (χ0n) is 8.92. The quantitative estimate of drug-likeness (QED) is 0.667. The Morgan fingerprint density at radius 1 is 1.43 bits per heavy atom. The molecule has 1 aliphatic rings. The summed E-state index contributed by atoms with van der Waals surface area (Å²) >= 11 is 5.94. The molecule has 1 rings (SSSR count). The van der Waals surface area contributed by atoms with E-state index < -0.39 is 9.84 Å². The van der Waals surface area contributed by atoms with Crippen molar-refractivity contribution in [3.05, 3.63) is 0 Å². The summed E-state index contributed by atoms with van der Waals surface area (Å²) in [5.41, 5.74) is 0.173. The molecule has 0 aromatic rings. The van der Waals surface area contributed by atoms with Gasteiger partial charge in [0.1, 0.15) is 9.84 Å². The monoisotopic (exact) mass is 238 g/mol. The van der Waals surface area contributed by atoms with Crippen molar-refractivity contribution in [2.45, 2.75) is 32.6 Å². The van der Waals surface area contributed by atoms with E-state index >= 15 is 0 Å². The number of hydrogen-bond acceptors (Lipinski definition) is 2. The number of sulfone groups is 1. The minimum atomic E-state index is -2.80. The predicted octanol–water partition coefficient (Wildman–Crippen LogP) is 2.47. The molecular weight excluding hydrogens is 220 g/mol. The minimum Gasteiger partial charge on any atom is -0.229 e. The van der Waals surface area contributed by atoms with E-state index in [-0.39, 0.29) is 5.41 Å². The van der Waals surface area contributed by atoms with Crippen LogP contribution in [-0.4, -0.2) is 26.3 Å². The second-order valence-electron chi connectivity index (χ2n) is 4.80. The lowest BCUT2D eigenvalue weighted by molar-refractivity contribution is 0.287. The summed E-state index contributed by atoms with van der Waals surface area (Å²) in [5.74, 6) is 1.69. The van der Waals surface area contributed by atoms with Crippen molar-refractivity contribution in [3.8, 4) is 0 Å². The van der Waals surface area contributed by atoms with Crippen LogP contribution in [0.25, 0.3) is 0 Å². The molecule has 4 heteroatoms. The lowest BCUT2D eigenvalue weighted by Crippen LogP contribution is -2.22. The van der Waals surface area contributed by atoms with Gasteiger partial charge in [-0.3, -0.25) is 0 Å². The van der Waals surface area contributed by atoms with Gasteiger partial charge in [0, 0.05) is 17.9 Å². The molecule has 1 fully saturated rings. The lowest BCUT2D eigenvalue weighted by atomic mass is 9.83. The molecule has 0 heterocycles. The standard InChI is InChI=1S/C10H19ClO2S/c1-10(8-11,9-4-5-9)6-3-7-14(2,12)13/h9H,3-8H2,1-2H3. The number of rotatable bonds is 6. The highest BCUT2D eigenvalue weighted by Crippen LogP contribution is 2.48. The van der Waals surface area contributed by atoms with Crippen molar-refractivity contribution in [3.63, 3.8) is 0 Å². The first kappa shape index (κ1) is 12.3. The van der Waals surface area contributed by atoms with Crippen molar-refractivity contribution in [1.29, 1.82) is 0 Å². The molecule has 0 aliphatic heterocycles. The summed E-state index contributed by atoms with van der Waals surface area (Å²) in [6, 6.07) is 0. The highest BCUT2D eigenvalue weighted by atomic mass is 35.5. The van der Waals surface area contributed by atoms with E-state index in [4.69, 9.17) is 11.6 Å². The fraction of sp³-hybridized carbons (Fsp3) is 1.00. The minimum absolute atomic E-state index is 0.173. The Hall–Kier alpha value is 0.240. The third kappa shape index (κ3) is 3.77. The van der Waals surface area contributed by atoms with Gasteiger partial charge in [0.05, 0.1) is 0 Å². The second kappa shape index (κ2) is 4.40. The molecule has 14 heavy (non-hydrogen) atoms. The van der Waals surface area contributed by atoms with Crippen LogP contribution in [0.5, 0.6) is 0 Å². The van der Waals surface area contributed by atoms with Crippen molar-refractivity contribution in [1.82, 2.24) is 0 Å². The largest absolute Gasteiger partial charge is 0.229 e. The van der Waals surface area contributed by atoms with Crippen molar-refractivity contribution < 1.29 is 8.42 Å². The first-order valence-electron chi connectivity index (χ1n) is 5.11. The maximum absolute atomic E-state index is 11.0. The van der Waals surface area contributed by atoms with E-state index in [1.54, 1.807) is 0 Å². The van der Waals surface area contributed by atoms with Crippen LogP contribution >= 0.6 is 11.6 Å². The SMILES string of the molecule is CC(CCl)(CCCS(C)(=O)=O)C1CC1. The Kier molecular flexibility index (Phi) is 3.87. The van der Waals surface area contributed by atoms with Gasteiger partial charge in [-0.25, -0.2) is 8.42 Å². The molecular formula is C10H19ClO2S. The predicted molar refractivity (Wildman–Crippen MR) is 60.5 cm³/mol. The Balaban J connectivity index is 2.34. The molecule has 1 saturated carbocycles. The average molecular weight is 239 g/mol. The van der Waals surface area contributed by atoms with Gasteiger partial charge >= 0.3 is 0 Å². The maximum atomic E-state index is 11.0. The summed E-state index contributed by atoms with van der Waals surface area (Å²) in [7, 11) is -2.80. The summed E-state index contributed by atoms with van der Waals surface area (Å²) in [6.07, 6.45) is 5.51. The zero-order chi connectivity index (χ0) is 10.8. The van der Waals surface area contributed by atoms with Crippen LogP contribution in [0.2, 0.25) is 0 Å². The highest BCUT2D eigenvalue weighted by molar-refractivity contribution is 7.90. The van der Waals surface area contributed by atoms with Crippen LogP contribution < -0.4 is 0 Å². The van der Waals surface area contributed by atoms with Gasteiger partial charge in [-0.15, -0.1) is 11.6 Å². The Labute approximate surface area is 91.9 Å². The molecule has 1 aliphatic carbocycles. The van der Waals surface area contributed by atoms with Crippen molar-refractivity contribution in [2.75, 3.05) is 17.9 Å². The molecule has 1 atom stereocenters. The van der Waals surface area contributed by atoms with Gasteiger partial charge < -0.3 is 0 Å². The molecule has 0 aromatic heterocycles. The molecule has 0 saturated heterocycles. The molecule has 0 amide bonds. The van der Waals surface area contributed by atoms with E-state index in [2.05, 4.69) is 6.92 Å². The lowest BCUT2D eigenvalue weighted by Gasteiger charge is -2.26. The van der Waals surface area contributed by atoms with E-state index in [0.29, 0.717) is 11.6 Å². The van der Waals surface area contributed by atoms with Gasteiger partial charge in [-0.1, -0.05) is 6.92 Å². The zero-order valence-corrected chi connectivity index (χ0v) is 10.5. The topological polar surface area (TPSA) is 34.1 Å². The molecule has 0 bridgehead atoms. The fourth-order valence-corrected chi connectivity index (χ4v) is 2.92. The van der Waals surface area contributed by atoms with Crippen LogP contribution in [0, 0.1) is 11.3 Å². The van der Waals surface area contributed by atoms with Crippen molar-refractivity contribution in [2.24, 2.45) is 11.3 Å². The van der Waals surface area contributed by atoms with Gasteiger partial charge in [0.15, 0.2) is 0 Å². The normalized spacial score (nSPS) is 21.9. The first-order chi connectivity index (χ1) is 6.37. The molecule has 84 valence electrons. The van der Waals surface area contributed by atoms with E-state index in [1.165, 1.54) is 19.1 Å². The highest BCUT2D eigenvalue weighted by Gasteiger charge is 2.40. The van der Waals surface area contributed by atoms with Gasteiger partial charge in [0.2, 0.25) is 0 Å². The van der Waals surface area contributed by atoms with E-state index in [0.717, 1.165) is 18.8 Å². The first-order valence-corrected chi connectivity index (χ1v) is 7.70. The summed E-state index contributed by atoms with van der Waals surface area (Å²) < 4.78 is 21.9. The van der Waals surface area contributed by atoms with Gasteiger partial charge in [0.25, 0.3) is 0 Å².